The van der Waals surface area contributed by atoms with Crippen molar-refractivity contribution >= 4 is 47.0 Å². The molecule has 0 unspecified atom stereocenters. The summed E-state index contributed by atoms with van der Waals surface area (Å²) in [6.45, 7) is 8.34. The molecule has 1 aromatic heterocycles. The summed E-state index contributed by atoms with van der Waals surface area (Å²) in [6, 6.07) is 8.92. The fraction of sp³-hybridized carbons (Fsp3) is 0.524. The van der Waals surface area contributed by atoms with Gasteiger partial charge in [-0.3, -0.25) is 4.99 Å². The first-order valence-electron chi connectivity index (χ1n) is 9.83. The van der Waals surface area contributed by atoms with Crippen LogP contribution in [0.5, 0.6) is 0 Å². The van der Waals surface area contributed by atoms with Crippen molar-refractivity contribution in [3.63, 3.8) is 0 Å². The van der Waals surface area contributed by atoms with E-state index in [2.05, 4.69) is 62.1 Å². The van der Waals surface area contributed by atoms with E-state index in [1.165, 1.54) is 37.2 Å². The lowest BCUT2D eigenvalue weighted by molar-refractivity contribution is 0.438. The van der Waals surface area contributed by atoms with Crippen molar-refractivity contribution in [1.82, 2.24) is 15.6 Å². The van der Waals surface area contributed by atoms with E-state index in [-0.39, 0.29) is 24.0 Å². The van der Waals surface area contributed by atoms with Crippen molar-refractivity contribution < 1.29 is 0 Å². The molecule has 1 fully saturated rings. The third-order valence-electron chi connectivity index (χ3n) is 5.11. The molecule has 1 saturated heterocycles. The second kappa shape index (κ2) is 11.6. The molecule has 28 heavy (non-hydrogen) atoms. The van der Waals surface area contributed by atoms with Crippen molar-refractivity contribution in [2.75, 3.05) is 31.6 Å². The quantitative estimate of drug-likeness (QED) is 0.345. The number of anilines is 1. The van der Waals surface area contributed by atoms with Gasteiger partial charge in [-0.15, -0.1) is 35.3 Å². The van der Waals surface area contributed by atoms with Crippen LogP contribution in [-0.2, 0) is 13.0 Å². The highest BCUT2D eigenvalue weighted by Gasteiger charge is 2.15. The number of hydrogen-bond donors (Lipinski definition) is 2. The van der Waals surface area contributed by atoms with Gasteiger partial charge in [0.05, 0.1) is 10.7 Å². The Bertz CT molecular complexity index is 736. The van der Waals surface area contributed by atoms with E-state index in [9.17, 15) is 0 Å². The Balaban J connectivity index is 0.00000280. The van der Waals surface area contributed by atoms with Crippen LogP contribution in [-0.4, -0.2) is 37.6 Å². The van der Waals surface area contributed by atoms with Gasteiger partial charge in [0.25, 0.3) is 0 Å². The van der Waals surface area contributed by atoms with E-state index in [1.54, 1.807) is 11.3 Å². The van der Waals surface area contributed by atoms with Gasteiger partial charge >= 0.3 is 0 Å². The highest BCUT2D eigenvalue weighted by atomic mass is 127. The lowest BCUT2D eigenvalue weighted by atomic mass is 9.99. The molecule has 1 aliphatic rings. The molecule has 3 rings (SSSR count). The number of aromatic nitrogens is 1. The van der Waals surface area contributed by atoms with Gasteiger partial charge in [0.1, 0.15) is 0 Å². The maximum Gasteiger partial charge on any atom is 0.191 e. The van der Waals surface area contributed by atoms with E-state index in [0.29, 0.717) is 0 Å². The van der Waals surface area contributed by atoms with Crippen molar-refractivity contribution in [1.29, 1.82) is 0 Å². The molecule has 2 N–H and O–H groups in total. The molecule has 2 heterocycles. The SMILES string of the molecule is CN=C(NCCc1csc(C)n1)NCc1ccc(N2CCC(C)CC2)cc1.I. The zero-order valence-electron chi connectivity index (χ0n) is 17.1. The molecule has 0 bridgehead atoms. The summed E-state index contributed by atoms with van der Waals surface area (Å²) in [4.78, 5) is 11.3. The number of aliphatic imine (C=N–C) groups is 1. The van der Waals surface area contributed by atoms with Crippen LogP contribution >= 0.6 is 35.3 Å². The Hall–Kier alpha value is -1.35. The number of halogens is 1. The molecule has 0 spiro atoms. The predicted octanol–water partition coefficient (Wildman–Crippen LogP) is 4.21. The fourth-order valence-electron chi connectivity index (χ4n) is 3.33. The van der Waals surface area contributed by atoms with Gasteiger partial charge in [-0.25, -0.2) is 4.98 Å². The van der Waals surface area contributed by atoms with Crippen molar-refractivity contribution in [2.24, 2.45) is 10.9 Å². The largest absolute Gasteiger partial charge is 0.372 e. The molecule has 154 valence electrons. The molecule has 7 heteroatoms. The maximum atomic E-state index is 4.49. The second-order valence-electron chi connectivity index (χ2n) is 7.30. The molecule has 0 amide bonds. The number of guanidine groups is 1. The Kier molecular flexibility index (Phi) is 9.50. The third kappa shape index (κ3) is 6.92. The van der Waals surface area contributed by atoms with Gasteiger partial charge in [-0.2, -0.15) is 0 Å². The van der Waals surface area contributed by atoms with Gasteiger partial charge in [-0.1, -0.05) is 19.1 Å². The number of benzene rings is 1. The number of piperidine rings is 1. The Morgan fingerprint density at radius 3 is 2.54 bits per heavy atom. The van der Waals surface area contributed by atoms with Gasteiger partial charge in [-0.05, 0) is 43.4 Å². The fourth-order valence-corrected chi connectivity index (χ4v) is 3.98. The first-order chi connectivity index (χ1) is 13.1. The molecular weight excluding hydrogens is 481 g/mol. The summed E-state index contributed by atoms with van der Waals surface area (Å²) in [5, 5.41) is 9.99. The normalized spacial score (nSPS) is 15.2. The maximum absolute atomic E-state index is 4.49. The summed E-state index contributed by atoms with van der Waals surface area (Å²) in [7, 11) is 1.81. The molecular formula is C21H32IN5S. The number of thiazole rings is 1. The average Bonchev–Trinajstić information content (AvgIpc) is 3.11. The third-order valence-corrected chi connectivity index (χ3v) is 5.93. The minimum atomic E-state index is 0. The second-order valence-corrected chi connectivity index (χ2v) is 8.36. The van der Waals surface area contributed by atoms with E-state index in [1.807, 2.05) is 14.0 Å². The highest BCUT2D eigenvalue weighted by Crippen LogP contribution is 2.23. The van der Waals surface area contributed by atoms with Gasteiger partial charge in [0.2, 0.25) is 0 Å². The topological polar surface area (TPSA) is 52.6 Å². The van der Waals surface area contributed by atoms with Crippen molar-refractivity contribution in [3.8, 4) is 0 Å². The zero-order chi connectivity index (χ0) is 19.1. The lowest BCUT2D eigenvalue weighted by Gasteiger charge is -2.32. The van der Waals surface area contributed by atoms with E-state index in [4.69, 9.17) is 0 Å². The lowest BCUT2D eigenvalue weighted by Crippen LogP contribution is -2.37. The Morgan fingerprint density at radius 2 is 1.93 bits per heavy atom. The van der Waals surface area contributed by atoms with Crippen LogP contribution in [0, 0.1) is 12.8 Å². The number of rotatable bonds is 6. The zero-order valence-corrected chi connectivity index (χ0v) is 20.2. The van der Waals surface area contributed by atoms with Crippen molar-refractivity contribution in [3.05, 3.63) is 45.9 Å². The molecule has 0 aliphatic carbocycles. The smallest absolute Gasteiger partial charge is 0.191 e. The van der Waals surface area contributed by atoms with Crippen LogP contribution in [0.1, 0.15) is 36.0 Å². The molecule has 0 saturated carbocycles. The van der Waals surface area contributed by atoms with Crippen LogP contribution in [0.2, 0.25) is 0 Å². The van der Waals surface area contributed by atoms with E-state index in [0.717, 1.165) is 42.1 Å². The molecule has 1 aromatic carbocycles. The minimum Gasteiger partial charge on any atom is -0.372 e. The molecule has 2 aromatic rings. The molecule has 5 nitrogen and oxygen atoms in total. The van der Waals surface area contributed by atoms with Crippen LogP contribution in [0.15, 0.2) is 34.6 Å². The number of aryl methyl sites for hydroxylation is 1. The summed E-state index contributed by atoms with van der Waals surface area (Å²) in [5.74, 6) is 1.69. The highest BCUT2D eigenvalue weighted by molar-refractivity contribution is 14.0. The average molecular weight is 513 g/mol. The summed E-state index contributed by atoms with van der Waals surface area (Å²) >= 11 is 1.70. The first kappa shape index (κ1) is 22.9. The number of nitrogens with one attached hydrogen (secondary N) is 2. The predicted molar refractivity (Wildman–Crippen MR) is 131 cm³/mol. The Morgan fingerprint density at radius 1 is 1.21 bits per heavy atom. The Labute approximate surface area is 190 Å². The van der Waals surface area contributed by atoms with Gasteiger partial charge in [0, 0.05) is 50.7 Å². The monoisotopic (exact) mass is 513 g/mol. The number of nitrogens with zero attached hydrogens (tertiary/aromatic N) is 3. The molecule has 0 atom stereocenters. The van der Waals surface area contributed by atoms with Crippen molar-refractivity contribution in [2.45, 2.75) is 39.7 Å². The van der Waals surface area contributed by atoms with Crippen LogP contribution in [0.25, 0.3) is 0 Å². The first-order valence-corrected chi connectivity index (χ1v) is 10.7. The van der Waals surface area contributed by atoms with Gasteiger partial charge < -0.3 is 15.5 Å². The number of hydrogen-bond acceptors (Lipinski definition) is 4. The molecule has 0 radical (unpaired) electrons. The molecule has 1 aliphatic heterocycles. The van der Waals surface area contributed by atoms with E-state index >= 15 is 0 Å². The summed E-state index contributed by atoms with van der Waals surface area (Å²) < 4.78 is 0. The van der Waals surface area contributed by atoms with Gasteiger partial charge in [0.15, 0.2) is 5.96 Å². The summed E-state index contributed by atoms with van der Waals surface area (Å²) in [5.41, 5.74) is 3.75. The van der Waals surface area contributed by atoms with Crippen LogP contribution in [0.3, 0.4) is 0 Å². The van der Waals surface area contributed by atoms with Crippen LogP contribution in [0.4, 0.5) is 5.69 Å². The van der Waals surface area contributed by atoms with Crippen LogP contribution < -0.4 is 15.5 Å². The minimum absolute atomic E-state index is 0. The van der Waals surface area contributed by atoms with E-state index < -0.39 is 0 Å². The standard InChI is InChI=1S/C21H31N5S.HI/c1-16-9-12-26(13-10-16)20-6-4-18(5-7-20)14-24-21(22-3)23-11-8-19-15-27-17(2)25-19;/h4-7,15-16H,8-14H2,1-3H3,(H2,22,23,24);1H. The summed E-state index contributed by atoms with van der Waals surface area (Å²) in [6.07, 6.45) is 3.51.